The van der Waals surface area contributed by atoms with Crippen LogP contribution >= 0.6 is 31.9 Å². The molecule has 3 nitrogen and oxygen atoms in total. The van der Waals surface area contributed by atoms with E-state index in [2.05, 4.69) is 31.9 Å². The molecule has 13 heavy (non-hydrogen) atoms. The summed E-state index contributed by atoms with van der Waals surface area (Å²) in [7, 11) is 0. The third-order valence-electron chi connectivity index (χ3n) is 1.72. The van der Waals surface area contributed by atoms with Crippen molar-refractivity contribution in [1.29, 1.82) is 0 Å². The summed E-state index contributed by atoms with van der Waals surface area (Å²) in [6.45, 7) is 0.379. The summed E-state index contributed by atoms with van der Waals surface area (Å²) in [4.78, 5) is 0. The summed E-state index contributed by atoms with van der Waals surface area (Å²) >= 11 is 6.44. The number of nitrogens with two attached hydrogens (primary N) is 2. The van der Waals surface area contributed by atoms with Crippen LogP contribution in [0, 0.1) is 0 Å². The van der Waals surface area contributed by atoms with Gasteiger partial charge in [-0.25, -0.2) is 0 Å². The molecule has 0 saturated carbocycles. The van der Waals surface area contributed by atoms with Crippen LogP contribution in [0.15, 0.2) is 21.1 Å². The first-order valence-electron chi connectivity index (χ1n) is 3.69. The molecule has 0 unspecified atom stereocenters. The van der Waals surface area contributed by atoms with Gasteiger partial charge in [-0.3, -0.25) is 0 Å². The van der Waals surface area contributed by atoms with Crippen molar-refractivity contribution in [1.82, 2.24) is 0 Å². The lowest BCUT2D eigenvalue weighted by Gasteiger charge is -2.11. The molecule has 5 N–H and O–H groups in total. The Morgan fingerprint density at radius 2 is 1.77 bits per heavy atom. The lowest BCUT2D eigenvalue weighted by atomic mass is 10.1. The second-order valence-electron chi connectivity index (χ2n) is 2.68. The first kappa shape index (κ1) is 11.0. The van der Waals surface area contributed by atoms with E-state index in [4.69, 9.17) is 11.5 Å². The van der Waals surface area contributed by atoms with Gasteiger partial charge in [0.25, 0.3) is 0 Å². The minimum atomic E-state index is -0.201. The summed E-state index contributed by atoms with van der Waals surface area (Å²) in [6.07, 6.45) is 0. The molecule has 1 atom stereocenters. The van der Waals surface area contributed by atoms with E-state index < -0.39 is 0 Å². The zero-order chi connectivity index (χ0) is 10.0. The Hall–Kier alpha value is -0.100. The van der Waals surface area contributed by atoms with Crippen molar-refractivity contribution in [2.24, 2.45) is 11.5 Å². The molecule has 5 heteroatoms. The van der Waals surface area contributed by atoms with Gasteiger partial charge in [-0.2, -0.15) is 0 Å². The van der Waals surface area contributed by atoms with E-state index in [-0.39, 0.29) is 11.8 Å². The van der Waals surface area contributed by atoms with E-state index in [0.29, 0.717) is 15.5 Å². The number of hydrogen-bond donors (Lipinski definition) is 3. The van der Waals surface area contributed by atoms with Crippen LogP contribution in [0.1, 0.15) is 11.6 Å². The van der Waals surface area contributed by atoms with Crippen LogP contribution in [0.5, 0.6) is 5.75 Å². The van der Waals surface area contributed by atoms with Crippen LogP contribution in [0.2, 0.25) is 0 Å². The standard InChI is InChI=1S/C8H10Br2N2O/c9-5-1-4(7(12)3-11)2-6(10)8(5)13/h1-2,7,13H,3,11-12H2/t7-/m1/s1. The smallest absolute Gasteiger partial charge is 0.143 e. The fraction of sp³-hybridized carbons (Fsp3) is 0.250. The minimum Gasteiger partial charge on any atom is -0.506 e. The number of phenols is 1. The molecular weight excluding hydrogens is 300 g/mol. The number of rotatable bonds is 2. The number of halogens is 2. The van der Waals surface area contributed by atoms with Crippen molar-refractivity contribution in [2.45, 2.75) is 6.04 Å². The van der Waals surface area contributed by atoms with Crippen LogP contribution < -0.4 is 11.5 Å². The molecule has 0 saturated heterocycles. The fourth-order valence-electron chi connectivity index (χ4n) is 0.935. The zero-order valence-corrected chi connectivity index (χ0v) is 9.97. The van der Waals surface area contributed by atoms with Crippen LogP contribution in [0.3, 0.4) is 0 Å². The third kappa shape index (κ3) is 2.43. The lowest BCUT2D eigenvalue weighted by Crippen LogP contribution is -2.20. The summed E-state index contributed by atoms with van der Waals surface area (Å²) in [5.41, 5.74) is 12.0. The molecule has 0 fully saturated rings. The topological polar surface area (TPSA) is 72.3 Å². The molecule has 0 bridgehead atoms. The minimum absolute atomic E-state index is 0.174. The maximum Gasteiger partial charge on any atom is 0.143 e. The molecule has 0 aromatic heterocycles. The quantitative estimate of drug-likeness (QED) is 0.781. The van der Waals surface area contributed by atoms with E-state index in [1.54, 1.807) is 12.1 Å². The van der Waals surface area contributed by atoms with E-state index in [1.165, 1.54) is 0 Å². The van der Waals surface area contributed by atoms with Gasteiger partial charge < -0.3 is 16.6 Å². The summed E-state index contributed by atoms with van der Waals surface area (Å²) in [5.74, 6) is 0.174. The predicted octanol–water partition coefficient (Wildman–Crippen LogP) is 1.88. The van der Waals surface area contributed by atoms with E-state index in [0.717, 1.165) is 5.56 Å². The van der Waals surface area contributed by atoms with Gasteiger partial charge in [0.2, 0.25) is 0 Å². The van der Waals surface area contributed by atoms with Gasteiger partial charge in [0.05, 0.1) is 8.95 Å². The highest BCUT2D eigenvalue weighted by Crippen LogP contribution is 2.34. The second-order valence-corrected chi connectivity index (χ2v) is 4.38. The third-order valence-corrected chi connectivity index (χ3v) is 2.93. The molecule has 0 aliphatic heterocycles. The Morgan fingerprint density at radius 3 is 2.15 bits per heavy atom. The molecule has 0 aliphatic rings. The van der Waals surface area contributed by atoms with E-state index in [1.807, 2.05) is 0 Å². The number of phenolic OH excluding ortho intramolecular Hbond substituents is 1. The lowest BCUT2D eigenvalue weighted by molar-refractivity contribution is 0.468. The van der Waals surface area contributed by atoms with Gasteiger partial charge in [-0.1, -0.05) is 0 Å². The summed E-state index contributed by atoms with van der Waals surface area (Å²) in [5, 5.41) is 9.42. The normalized spacial score (nSPS) is 12.9. The van der Waals surface area contributed by atoms with Gasteiger partial charge in [0, 0.05) is 12.6 Å². The predicted molar refractivity (Wildman–Crippen MR) is 59.5 cm³/mol. The van der Waals surface area contributed by atoms with Crippen molar-refractivity contribution in [3.05, 3.63) is 26.6 Å². The molecule has 1 aromatic carbocycles. The molecule has 0 aliphatic carbocycles. The first-order valence-corrected chi connectivity index (χ1v) is 5.28. The molecule has 0 heterocycles. The Balaban J connectivity index is 3.13. The maximum absolute atomic E-state index is 9.42. The summed E-state index contributed by atoms with van der Waals surface area (Å²) < 4.78 is 1.22. The highest BCUT2D eigenvalue weighted by atomic mass is 79.9. The van der Waals surface area contributed by atoms with Gasteiger partial charge in [-0.05, 0) is 49.6 Å². The molecule has 0 amide bonds. The first-order chi connectivity index (χ1) is 6.06. The molecule has 72 valence electrons. The molecule has 0 radical (unpaired) electrons. The van der Waals surface area contributed by atoms with Crippen LogP contribution in [0.4, 0.5) is 0 Å². The maximum atomic E-state index is 9.42. The Labute approximate surface area is 93.4 Å². The van der Waals surface area contributed by atoms with Gasteiger partial charge in [0.15, 0.2) is 0 Å². The number of aromatic hydroxyl groups is 1. The Morgan fingerprint density at radius 1 is 1.31 bits per heavy atom. The van der Waals surface area contributed by atoms with Crippen molar-refractivity contribution in [3.63, 3.8) is 0 Å². The largest absolute Gasteiger partial charge is 0.506 e. The highest BCUT2D eigenvalue weighted by molar-refractivity contribution is 9.11. The molecule has 1 rings (SSSR count). The molecule has 1 aromatic rings. The van der Waals surface area contributed by atoms with Crippen LogP contribution in [0.25, 0.3) is 0 Å². The van der Waals surface area contributed by atoms with Crippen LogP contribution in [-0.4, -0.2) is 11.7 Å². The van der Waals surface area contributed by atoms with Crippen molar-refractivity contribution >= 4 is 31.9 Å². The van der Waals surface area contributed by atoms with E-state index >= 15 is 0 Å². The summed E-state index contributed by atoms with van der Waals surface area (Å²) in [6, 6.07) is 3.32. The second kappa shape index (κ2) is 4.41. The Bertz CT molecular complexity index is 294. The van der Waals surface area contributed by atoms with Gasteiger partial charge >= 0.3 is 0 Å². The zero-order valence-electron chi connectivity index (χ0n) is 6.80. The average Bonchev–Trinajstić information content (AvgIpc) is 2.12. The molecular formula is C8H10Br2N2O. The van der Waals surface area contributed by atoms with Gasteiger partial charge in [0.1, 0.15) is 5.75 Å². The Kier molecular flexibility index (Phi) is 3.73. The van der Waals surface area contributed by atoms with Crippen molar-refractivity contribution in [3.8, 4) is 5.75 Å². The van der Waals surface area contributed by atoms with Crippen LogP contribution in [-0.2, 0) is 0 Å². The fourth-order valence-corrected chi connectivity index (χ4v) is 2.16. The SMILES string of the molecule is NC[C@@H](N)c1cc(Br)c(O)c(Br)c1. The van der Waals surface area contributed by atoms with Crippen molar-refractivity contribution < 1.29 is 5.11 Å². The highest BCUT2D eigenvalue weighted by Gasteiger charge is 2.09. The van der Waals surface area contributed by atoms with E-state index in [9.17, 15) is 5.11 Å². The van der Waals surface area contributed by atoms with Gasteiger partial charge in [-0.15, -0.1) is 0 Å². The monoisotopic (exact) mass is 308 g/mol. The number of benzene rings is 1. The number of hydrogen-bond acceptors (Lipinski definition) is 3. The van der Waals surface area contributed by atoms with Crippen molar-refractivity contribution in [2.75, 3.05) is 6.54 Å². The average molecular weight is 310 g/mol. The molecule has 0 spiro atoms.